The second-order valence-electron chi connectivity index (χ2n) is 26.1. The molecule has 74 heavy (non-hydrogen) atoms. The fourth-order valence-electron chi connectivity index (χ4n) is 11.8. The van der Waals surface area contributed by atoms with Crippen molar-refractivity contribution in [1.29, 1.82) is 0 Å². The van der Waals surface area contributed by atoms with Crippen LogP contribution in [0, 0.1) is 5.92 Å². The first-order valence-corrected chi connectivity index (χ1v) is 27.1. The van der Waals surface area contributed by atoms with Crippen molar-refractivity contribution in [3.8, 4) is 22.3 Å². The highest BCUT2D eigenvalue weighted by molar-refractivity contribution is 6.46. The zero-order valence-electron chi connectivity index (χ0n) is 46.7. The van der Waals surface area contributed by atoms with Gasteiger partial charge in [-0.1, -0.05) is 184 Å². The SMILES string of the molecule is CCCC(CC)CN1C(=O)c2ccc3c4c(-c5cc(C(C)(C)C)cc(C(C)(C)C)c5)cc5c6c(ccc(c7c(-c8cc(C(C)(C)C)cc(C(C)(C)C)c8)cc(c2c37)C1=O)c64)C(=O)N(c1ccc(C(C)C)cc1)C5=O. The predicted molar refractivity (Wildman–Crippen MR) is 309 cm³/mol. The van der Waals surface area contributed by atoms with Gasteiger partial charge in [-0.05, 0) is 159 Å². The molecule has 0 radical (unpaired) electrons. The monoisotopic (exact) mass is 983 g/mol. The molecular weight excluding hydrogens is 909 g/mol. The molecule has 6 nitrogen and oxygen atoms in total. The molecule has 1 unspecified atom stereocenters. The largest absolute Gasteiger partial charge is 0.274 e. The van der Waals surface area contributed by atoms with Gasteiger partial charge in [-0.2, -0.15) is 0 Å². The van der Waals surface area contributed by atoms with Crippen LogP contribution in [-0.2, 0) is 21.7 Å². The first-order valence-electron chi connectivity index (χ1n) is 27.1. The number of rotatable bonds is 9. The lowest BCUT2D eigenvalue weighted by molar-refractivity contribution is 0.0579. The molecule has 0 aliphatic carbocycles. The van der Waals surface area contributed by atoms with E-state index in [4.69, 9.17) is 0 Å². The highest BCUT2D eigenvalue weighted by atomic mass is 16.2. The zero-order chi connectivity index (χ0) is 53.5. The Balaban J connectivity index is 1.42. The summed E-state index contributed by atoms with van der Waals surface area (Å²) in [4.78, 5) is 64.2. The van der Waals surface area contributed by atoms with E-state index < -0.39 is 0 Å². The standard InChI is InChI=1S/C68H74N2O4/c1-17-19-38(18-2)36-69-61(71)49-26-24-47-56-52(41-30-44(67(11,12)13)33-45(31-41)68(14,15)16)35-54-58-50(63(73)70(64(54)74)46-22-20-39(21-23-46)37(3)4)27-25-48(60(56)58)55-51(34-53(62(69)72)57(49)59(47)55)40-28-42(65(5,6)7)32-43(29-40)66(8,9)10/h20-35,37-38H,17-19,36H2,1-16H3. The zero-order valence-corrected chi connectivity index (χ0v) is 46.7. The Bertz CT molecular complexity index is 3610. The lowest BCUT2D eigenvalue weighted by Gasteiger charge is -2.33. The second-order valence-corrected chi connectivity index (χ2v) is 26.1. The number of amides is 4. The van der Waals surface area contributed by atoms with Crippen LogP contribution < -0.4 is 4.90 Å². The Morgan fingerprint density at radius 1 is 0.419 bits per heavy atom. The van der Waals surface area contributed by atoms with Crippen LogP contribution in [0.4, 0.5) is 5.69 Å². The van der Waals surface area contributed by atoms with Gasteiger partial charge in [-0.3, -0.25) is 24.1 Å². The summed E-state index contributed by atoms with van der Waals surface area (Å²) in [6.45, 7) is 35.7. The molecule has 2 aliphatic heterocycles. The summed E-state index contributed by atoms with van der Waals surface area (Å²) in [5, 5.41) is 6.46. The van der Waals surface area contributed by atoms with E-state index in [0.29, 0.717) is 45.3 Å². The molecule has 0 fully saturated rings. The van der Waals surface area contributed by atoms with Gasteiger partial charge in [0.2, 0.25) is 0 Å². The maximum atomic E-state index is 15.6. The fraction of sp³-hybridized carbons (Fsp3) is 0.382. The Kier molecular flexibility index (Phi) is 12.0. The molecule has 0 N–H and O–H groups in total. The summed E-state index contributed by atoms with van der Waals surface area (Å²) < 4.78 is 0. The van der Waals surface area contributed by atoms with Crippen molar-refractivity contribution in [2.45, 2.75) is 158 Å². The summed E-state index contributed by atoms with van der Waals surface area (Å²) >= 11 is 0. The topological polar surface area (TPSA) is 74.8 Å². The number of anilines is 1. The highest BCUT2D eigenvalue weighted by Gasteiger charge is 2.40. The van der Waals surface area contributed by atoms with Crippen LogP contribution in [0.5, 0.6) is 0 Å². The molecule has 0 bridgehead atoms. The minimum Gasteiger partial charge on any atom is -0.274 e. The van der Waals surface area contributed by atoms with E-state index in [2.05, 4.69) is 165 Å². The Morgan fingerprint density at radius 3 is 1.20 bits per heavy atom. The molecule has 2 aliphatic rings. The van der Waals surface area contributed by atoms with E-state index in [-0.39, 0.29) is 57.1 Å². The summed E-state index contributed by atoms with van der Waals surface area (Å²) in [6.07, 6.45) is 2.74. The first-order chi connectivity index (χ1) is 34.6. The van der Waals surface area contributed by atoms with Gasteiger partial charge in [-0.15, -0.1) is 0 Å². The maximum Gasteiger partial charge on any atom is 0.266 e. The lowest BCUT2D eigenvalue weighted by Crippen LogP contribution is -2.43. The number of hydrogen-bond acceptors (Lipinski definition) is 4. The van der Waals surface area contributed by atoms with Crippen LogP contribution in [-0.4, -0.2) is 35.1 Å². The normalized spacial score (nSPS) is 15.1. The average molecular weight is 983 g/mol. The summed E-state index contributed by atoms with van der Waals surface area (Å²) in [5.74, 6) is -0.830. The number of hydrogen-bond donors (Lipinski definition) is 0. The predicted octanol–water partition coefficient (Wildman–Crippen LogP) is 17.6. The quantitative estimate of drug-likeness (QED) is 0.0820. The third-order valence-corrected chi connectivity index (χ3v) is 16.4. The van der Waals surface area contributed by atoms with Gasteiger partial charge in [0.15, 0.2) is 0 Å². The van der Waals surface area contributed by atoms with Crippen molar-refractivity contribution in [3.05, 3.63) is 147 Å². The summed E-state index contributed by atoms with van der Waals surface area (Å²) in [7, 11) is 0. The minimum absolute atomic E-state index is 0.177. The Labute approximate surface area is 438 Å². The molecule has 8 aromatic rings. The van der Waals surface area contributed by atoms with Gasteiger partial charge in [0, 0.05) is 39.6 Å². The molecule has 2 heterocycles. The molecule has 380 valence electrons. The molecular formula is C68H74N2O4. The first kappa shape index (κ1) is 50.9. The molecule has 0 spiro atoms. The van der Waals surface area contributed by atoms with Gasteiger partial charge in [0.1, 0.15) is 0 Å². The van der Waals surface area contributed by atoms with Gasteiger partial charge < -0.3 is 0 Å². The van der Waals surface area contributed by atoms with Gasteiger partial charge in [0.05, 0.1) is 5.69 Å². The highest BCUT2D eigenvalue weighted by Crippen LogP contribution is 2.53. The number of nitrogens with zero attached hydrogens (tertiary/aromatic N) is 2. The molecule has 8 aromatic carbocycles. The third kappa shape index (κ3) is 8.14. The minimum atomic E-state index is -0.374. The van der Waals surface area contributed by atoms with Crippen LogP contribution >= 0.6 is 0 Å². The molecule has 0 aromatic heterocycles. The van der Waals surface area contributed by atoms with Crippen molar-refractivity contribution < 1.29 is 19.2 Å². The van der Waals surface area contributed by atoms with E-state index >= 15 is 19.2 Å². The summed E-state index contributed by atoms with van der Waals surface area (Å²) in [5.41, 5.74) is 11.1. The Hall–Kier alpha value is -6.66. The van der Waals surface area contributed by atoms with E-state index in [0.717, 1.165) is 90.5 Å². The molecule has 0 saturated heterocycles. The third-order valence-electron chi connectivity index (χ3n) is 16.4. The number of benzene rings is 8. The summed E-state index contributed by atoms with van der Waals surface area (Å²) in [6, 6.07) is 33.6. The number of carbonyl (C=O) groups excluding carboxylic acids is 4. The van der Waals surface area contributed by atoms with Crippen molar-refractivity contribution in [3.63, 3.8) is 0 Å². The molecule has 4 amide bonds. The van der Waals surface area contributed by atoms with E-state index in [9.17, 15) is 0 Å². The van der Waals surface area contributed by atoms with Crippen LogP contribution in [0.15, 0.2) is 97.1 Å². The van der Waals surface area contributed by atoms with E-state index in [1.807, 2.05) is 42.5 Å². The Morgan fingerprint density at radius 2 is 0.811 bits per heavy atom. The van der Waals surface area contributed by atoms with Crippen LogP contribution in [0.25, 0.3) is 65.3 Å². The fourth-order valence-corrected chi connectivity index (χ4v) is 11.8. The lowest BCUT2D eigenvalue weighted by atomic mass is 9.75. The van der Waals surface area contributed by atoms with Crippen LogP contribution in [0.3, 0.4) is 0 Å². The molecule has 1 atom stereocenters. The van der Waals surface area contributed by atoms with E-state index in [1.54, 1.807) is 0 Å². The number of imide groups is 2. The van der Waals surface area contributed by atoms with Gasteiger partial charge in [-0.25, -0.2) is 4.90 Å². The number of fused-ring (bicyclic) bond motifs is 2. The molecule has 10 rings (SSSR count). The van der Waals surface area contributed by atoms with E-state index in [1.165, 1.54) is 20.9 Å². The van der Waals surface area contributed by atoms with Crippen LogP contribution in [0.2, 0.25) is 0 Å². The smallest absolute Gasteiger partial charge is 0.266 e. The average Bonchev–Trinajstić information content (AvgIpc) is 3.34. The molecule has 6 heteroatoms. The second kappa shape index (κ2) is 17.5. The van der Waals surface area contributed by atoms with Crippen molar-refractivity contribution >= 4 is 72.4 Å². The number of carbonyl (C=O) groups is 4. The van der Waals surface area contributed by atoms with Crippen molar-refractivity contribution in [2.24, 2.45) is 5.92 Å². The maximum absolute atomic E-state index is 15.6. The van der Waals surface area contributed by atoms with Crippen molar-refractivity contribution in [1.82, 2.24) is 4.90 Å². The van der Waals surface area contributed by atoms with Gasteiger partial charge >= 0.3 is 0 Å². The van der Waals surface area contributed by atoms with Crippen LogP contribution in [0.1, 0.15) is 205 Å². The molecule has 0 saturated carbocycles. The van der Waals surface area contributed by atoms with Crippen molar-refractivity contribution in [2.75, 3.05) is 11.4 Å². The van der Waals surface area contributed by atoms with Gasteiger partial charge in [0.25, 0.3) is 23.6 Å².